The number of fused-ring (bicyclic) bond motifs is 1. The predicted molar refractivity (Wildman–Crippen MR) is 100 cm³/mol. The number of nitrogens with zero attached hydrogens (tertiary/aromatic N) is 3. The summed E-state index contributed by atoms with van der Waals surface area (Å²) in [6.07, 6.45) is 7.87. The van der Waals surface area contributed by atoms with Crippen molar-refractivity contribution < 1.29 is 4.74 Å². The van der Waals surface area contributed by atoms with Crippen molar-refractivity contribution in [3.63, 3.8) is 0 Å². The molecule has 0 radical (unpaired) electrons. The molecular formula is C20H25N3O2. The minimum absolute atomic E-state index is 0.0291. The number of rotatable bonds is 5. The van der Waals surface area contributed by atoms with Gasteiger partial charge in [0.25, 0.3) is 5.56 Å². The lowest BCUT2D eigenvalue weighted by molar-refractivity contribution is 0.299. The summed E-state index contributed by atoms with van der Waals surface area (Å²) in [6, 6.07) is 3.78. The Morgan fingerprint density at radius 1 is 1.28 bits per heavy atom. The minimum Gasteiger partial charge on any atom is -0.494 e. The molecule has 0 spiro atoms. The number of hydrogen-bond donors (Lipinski definition) is 0. The van der Waals surface area contributed by atoms with Crippen molar-refractivity contribution in [2.24, 2.45) is 0 Å². The zero-order chi connectivity index (χ0) is 17.4. The minimum atomic E-state index is -0.0291. The van der Waals surface area contributed by atoms with Crippen LogP contribution in [0.5, 0.6) is 0 Å². The standard InChI is InChI=1S/C20H25N3O2/c1-3-25-14(2)17-11-16(15-7-8-15)13-23-19(24)12-18(21-20(17)23)22-9-5-4-6-10-22/h11-13,15H,2-10H2,1H3. The summed E-state index contributed by atoms with van der Waals surface area (Å²) in [6.45, 7) is 8.48. The third-order valence-corrected chi connectivity index (χ3v) is 5.12. The van der Waals surface area contributed by atoms with Gasteiger partial charge in [0.05, 0.1) is 12.2 Å². The molecular weight excluding hydrogens is 314 g/mol. The zero-order valence-corrected chi connectivity index (χ0v) is 14.8. The second-order valence-corrected chi connectivity index (χ2v) is 7.01. The Morgan fingerprint density at radius 3 is 2.72 bits per heavy atom. The largest absolute Gasteiger partial charge is 0.494 e. The van der Waals surface area contributed by atoms with E-state index < -0.39 is 0 Å². The molecule has 2 aromatic heterocycles. The average Bonchev–Trinajstić information content (AvgIpc) is 3.47. The highest BCUT2D eigenvalue weighted by Crippen LogP contribution is 2.41. The average molecular weight is 339 g/mol. The molecule has 1 aliphatic carbocycles. The molecule has 2 fully saturated rings. The van der Waals surface area contributed by atoms with Crippen LogP contribution in [-0.4, -0.2) is 29.1 Å². The van der Waals surface area contributed by atoms with Crippen LogP contribution in [0.4, 0.5) is 5.82 Å². The van der Waals surface area contributed by atoms with Crippen LogP contribution in [0.1, 0.15) is 56.1 Å². The monoisotopic (exact) mass is 339 g/mol. The van der Waals surface area contributed by atoms with Gasteiger partial charge in [0.1, 0.15) is 11.6 Å². The molecule has 4 rings (SSSR count). The number of ether oxygens (including phenoxy) is 1. The van der Waals surface area contributed by atoms with Crippen LogP contribution in [0.15, 0.2) is 29.7 Å². The molecule has 1 saturated heterocycles. The van der Waals surface area contributed by atoms with Gasteiger partial charge in [0.15, 0.2) is 5.65 Å². The number of piperidine rings is 1. The molecule has 5 nitrogen and oxygen atoms in total. The smallest absolute Gasteiger partial charge is 0.259 e. The van der Waals surface area contributed by atoms with Gasteiger partial charge in [0.2, 0.25) is 0 Å². The zero-order valence-electron chi connectivity index (χ0n) is 14.8. The molecule has 2 aliphatic rings. The predicted octanol–water partition coefficient (Wildman–Crippen LogP) is 3.57. The molecule has 0 unspecified atom stereocenters. The van der Waals surface area contributed by atoms with E-state index in [9.17, 15) is 4.79 Å². The molecule has 25 heavy (non-hydrogen) atoms. The first kappa shape index (κ1) is 16.2. The summed E-state index contributed by atoms with van der Waals surface area (Å²) < 4.78 is 7.32. The number of anilines is 1. The molecule has 0 bridgehead atoms. The summed E-state index contributed by atoms with van der Waals surface area (Å²) in [5.74, 6) is 1.91. The lowest BCUT2D eigenvalue weighted by Crippen LogP contribution is -2.32. The Kier molecular flexibility index (Phi) is 4.24. The van der Waals surface area contributed by atoms with Gasteiger partial charge < -0.3 is 9.64 Å². The molecule has 0 atom stereocenters. The van der Waals surface area contributed by atoms with Gasteiger partial charge in [-0.3, -0.25) is 9.20 Å². The van der Waals surface area contributed by atoms with E-state index in [4.69, 9.17) is 9.72 Å². The number of pyridine rings is 1. The van der Waals surface area contributed by atoms with E-state index in [-0.39, 0.29) is 5.56 Å². The Balaban J connectivity index is 1.87. The molecule has 0 N–H and O–H groups in total. The molecule has 0 aromatic carbocycles. The first-order valence-electron chi connectivity index (χ1n) is 9.31. The maximum Gasteiger partial charge on any atom is 0.259 e. The fourth-order valence-electron chi connectivity index (χ4n) is 3.59. The second-order valence-electron chi connectivity index (χ2n) is 7.01. The van der Waals surface area contributed by atoms with Gasteiger partial charge >= 0.3 is 0 Å². The Labute approximate surface area is 147 Å². The molecule has 1 aliphatic heterocycles. The van der Waals surface area contributed by atoms with Crippen LogP contribution in [-0.2, 0) is 4.74 Å². The van der Waals surface area contributed by atoms with Crippen LogP contribution >= 0.6 is 0 Å². The van der Waals surface area contributed by atoms with Gasteiger partial charge in [-0.2, -0.15) is 0 Å². The van der Waals surface area contributed by atoms with Crippen molar-refractivity contribution in [2.45, 2.75) is 44.9 Å². The maximum absolute atomic E-state index is 12.8. The Bertz CT molecular complexity index is 861. The maximum atomic E-state index is 12.8. The highest BCUT2D eigenvalue weighted by Gasteiger charge is 2.26. The van der Waals surface area contributed by atoms with Crippen molar-refractivity contribution in [3.05, 3.63) is 46.4 Å². The van der Waals surface area contributed by atoms with Crippen LogP contribution in [0.25, 0.3) is 11.4 Å². The van der Waals surface area contributed by atoms with Crippen LogP contribution in [0.2, 0.25) is 0 Å². The van der Waals surface area contributed by atoms with Crippen LogP contribution < -0.4 is 10.5 Å². The Morgan fingerprint density at radius 2 is 2.04 bits per heavy atom. The number of aromatic nitrogens is 2. The molecule has 3 heterocycles. The van der Waals surface area contributed by atoms with E-state index in [1.807, 2.05) is 13.1 Å². The second kappa shape index (κ2) is 6.54. The van der Waals surface area contributed by atoms with Gasteiger partial charge in [-0.1, -0.05) is 6.58 Å². The Hall–Kier alpha value is -2.30. The van der Waals surface area contributed by atoms with E-state index in [1.165, 1.54) is 24.8 Å². The third-order valence-electron chi connectivity index (χ3n) is 5.12. The first-order valence-corrected chi connectivity index (χ1v) is 9.31. The van der Waals surface area contributed by atoms with Crippen LogP contribution in [0, 0.1) is 0 Å². The van der Waals surface area contributed by atoms with Gasteiger partial charge in [-0.05, 0) is 56.6 Å². The van der Waals surface area contributed by atoms with E-state index >= 15 is 0 Å². The molecule has 132 valence electrons. The van der Waals surface area contributed by atoms with Crippen molar-refractivity contribution in [2.75, 3.05) is 24.6 Å². The molecule has 2 aromatic rings. The molecule has 0 amide bonds. The lowest BCUT2D eigenvalue weighted by Gasteiger charge is -2.28. The van der Waals surface area contributed by atoms with Crippen molar-refractivity contribution in [3.8, 4) is 0 Å². The molecule has 5 heteroatoms. The van der Waals surface area contributed by atoms with Crippen molar-refractivity contribution in [1.29, 1.82) is 0 Å². The van der Waals surface area contributed by atoms with E-state index in [0.29, 0.717) is 23.9 Å². The quantitative estimate of drug-likeness (QED) is 0.781. The summed E-state index contributed by atoms with van der Waals surface area (Å²) in [5.41, 5.74) is 2.63. The SMILES string of the molecule is C=C(OCC)c1cc(C2CC2)cn2c(=O)cc(N3CCCCC3)nc12. The highest BCUT2D eigenvalue weighted by atomic mass is 16.5. The fourth-order valence-corrected chi connectivity index (χ4v) is 3.59. The fraction of sp³-hybridized carbons (Fsp3) is 0.500. The topological polar surface area (TPSA) is 46.8 Å². The summed E-state index contributed by atoms with van der Waals surface area (Å²) in [7, 11) is 0. The summed E-state index contributed by atoms with van der Waals surface area (Å²) >= 11 is 0. The first-order chi connectivity index (χ1) is 12.2. The normalized spacial score (nSPS) is 17.7. The van der Waals surface area contributed by atoms with E-state index in [2.05, 4.69) is 17.5 Å². The van der Waals surface area contributed by atoms with Gasteiger partial charge in [-0.15, -0.1) is 0 Å². The molecule has 1 saturated carbocycles. The number of hydrogen-bond acceptors (Lipinski definition) is 4. The van der Waals surface area contributed by atoms with E-state index in [1.54, 1.807) is 10.5 Å². The van der Waals surface area contributed by atoms with Crippen molar-refractivity contribution in [1.82, 2.24) is 9.38 Å². The lowest BCUT2D eigenvalue weighted by atomic mass is 10.1. The highest BCUT2D eigenvalue weighted by molar-refractivity contribution is 5.72. The van der Waals surface area contributed by atoms with Crippen molar-refractivity contribution >= 4 is 17.2 Å². The van der Waals surface area contributed by atoms with Gasteiger partial charge in [-0.25, -0.2) is 4.98 Å². The van der Waals surface area contributed by atoms with Gasteiger partial charge in [0, 0.05) is 25.4 Å². The summed E-state index contributed by atoms with van der Waals surface area (Å²) in [5, 5.41) is 0. The van der Waals surface area contributed by atoms with Crippen LogP contribution in [0.3, 0.4) is 0 Å². The third kappa shape index (κ3) is 3.15. The summed E-state index contributed by atoms with van der Waals surface area (Å²) in [4.78, 5) is 19.8. The van der Waals surface area contributed by atoms with E-state index in [0.717, 1.165) is 37.3 Å².